The van der Waals surface area contributed by atoms with Crippen molar-refractivity contribution in [2.45, 2.75) is 80.9 Å². The number of aliphatic hydroxyl groups excluding tert-OH is 1. The highest BCUT2D eigenvalue weighted by molar-refractivity contribution is 8.02. The van der Waals surface area contributed by atoms with Gasteiger partial charge >= 0.3 is 5.97 Å². The third kappa shape index (κ3) is 4.11. The fraction of sp³-hybridized carbons (Fsp3) is 0.731. The molecule has 2 fully saturated rings. The Hall–Kier alpha value is -1.80. The second-order valence-corrected chi connectivity index (χ2v) is 12.0. The van der Waals surface area contributed by atoms with E-state index in [4.69, 9.17) is 4.74 Å². The lowest BCUT2D eigenvalue weighted by Gasteiger charge is -2.38. The van der Waals surface area contributed by atoms with Crippen LogP contribution in [-0.2, 0) is 19.1 Å². The molecule has 0 saturated carbocycles. The van der Waals surface area contributed by atoms with E-state index in [-0.39, 0.29) is 30.4 Å². The predicted octanol–water partition coefficient (Wildman–Crippen LogP) is 2.93. The quantitative estimate of drug-likeness (QED) is 0.335. The Morgan fingerprint density at radius 2 is 1.97 bits per heavy atom. The third-order valence-electron chi connectivity index (χ3n) is 7.83. The fourth-order valence-electron chi connectivity index (χ4n) is 6.26. The summed E-state index contributed by atoms with van der Waals surface area (Å²) in [5, 5.41) is 9.31. The first-order valence-electron chi connectivity index (χ1n) is 12.7. The molecule has 1 spiro atoms. The first-order valence-corrected chi connectivity index (χ1v) is 13.6. The molecule has 0 aromatic rings. The molecular weight excluding hydrogens is 452 g/mol. The van der Waals surface area contributed by atoms with Crippen molar-refractivity contribution in [1.82, 2.24) is 9.80 Å². The van der Waals surface area contributed by atoms with Gasteiger partial charge in [0, 0.05) is 30.5 Å². The monoisotopic (exact) mass is 490 g/mol. The van der Waals surface area contributed by atoms with E-state index in [0.29, 0.717) is 32.5 Å². The van der Waals surface area contributed by atoms with Gasteiger partial charge < -0.3 is 19.6 Å². The number of carbonyl (C=O) groups excluding carboxylic acids is 3. The molecule has 2 amide bonds. The topological polar surface area (TPSA) is 87.2 Å². The number of amides is 2. The van der Waals surface area contributed by atoms with E-state index in [1.54, 1.807) is 16.7 Å². The molecule has 8 heteroatoms. The highest BCUT2D eigenvalue weighted by Gasteiger charge is 2.73. The van der Waals surface area contributed by atoms with Crippen LogP contribution in [-0.4, -0.2) is 80.6 Å². The average molecular weight is 491 g/mol. The van der Waals surface area contributed by atoms with Gasteiger partial charge in [0.05, 0.1) is 23.2 Å². The van der Waals surface area contributed by atoms with Crippen LogP contribution in [0.2, 0.25) is 0 Å². The van der Waals surface area contributed by atoms with Gasteiger partial charge in [-0.05, 0) is 46.0 Å². The van der Waals surface area contributed by atoms with Crippen molar-refractivity contribution >= 4 is 29.5 Å². The number of rotatable bonds is 7. The van der Waals surface area contributed by atoms with Crippen molar-refractivity contribution in [2.24, 2.45) is 11.8 Å². The molecular formula is C26H38N2O5S. The van der Waals surface area contributed by atoms with Gasteiger partial charge in [-0.3, -0.25) is 14.4 Å². The number of thioether (sulfide) groups is 1. The van der Waals surface area contributed by atoms with Crippen LogP contribution in [0, 0.1) is 11.8 Å². The zero-order chi connectivity index (χ0) is 24.5. The van der Waals surface area contributed by atoms with Gasteiger partial charge in [-0.25, -0.2) is 0 Å². The van der Waals surface area contributed by atoms with Crippen molar-refractivity contribution in [1.29, 1.82) is 0 Å². The summed E-state index contributed by atoms with van der Waals surface area (Å²) in [5.74, 6) is -1.82. The smallest absolute Gasteiger partial charge is 0.311 e. The van der Waals surface area contributed by atoms with Gasteiger partial charge in [0.1, 0.15) is 6.04 Å². The number of ether oxygens (including phenoxy) is 1. The molecule has 4 rings (SSSR count). The molecule has 0 bridgehead atoms. The van der Waals surface area contributed by atoms with Gasteiger partial charge in [-0.2, -0.15) is 0 Å². The summed E-state index contributed by atoms with van der Waals surface area (Å²) in [4.78, 5) is 45.2. The number of hydrogen-bond donors (Lipinski definition) is 1. The molecule has 0 radical (unpaired) electrons. The normalized spacial score (nSPS) is 37.2. The molecule has 4 aliphatic rings. The number of likely N-dealkylation sites (tertiary alicyclic amines) is 1. The van der Waals surface area contributed by atoms with E-state index >= 15 is 0 Å². The summed E-state index contributed by atoms with van der Waals surface area (Å²) in [6, 6.07) is -0.602. The Balaban J connectivity index is 1.81. The summed E-state index contributed by atoms with van der Waals surface area (Å²) in [5.41, 5.74) is 0. The van der Waals surface area contributed by atoms with Crippen LogP contribution in [0.25, 0.3) is 0 Å². The maximum atomic E-state index is 14.1. The van der Waals surface area contributed by atoms with E-state index in [2.05, 4.69) is 32.1 Å². The van der Waals surface area contributed by atoms with Crippen molar-refractivity contribution < 1.29 is 24.2 Å². The largest absolute Gasteiger partial charge is 0.465 e. The molecule has 0 aromatic heterocycles. The van der Waals surface area contributed by atoms with Crippen molar-refractivity contribution in [3.05, 3.63) is 24.3 Å². The lowest BCUT2D eigenvalue weighted by atomic mass is 9.74. The zero-order valence-corrected chi connectivity index (χ0v) is 21.4. The van der Waals surface area contributed by atoms with Gasteiger partial charge in [0.15, 0.2) is 0 Å². The zero-order valence-electron chi connectivity index (χ0n) is 20.6. The Morgan fingerprint density at radius 3 is 2.71 bits per heavy atom. The van der Waals surface area contributed by atoms with E-state index in [0.717, 1.165) is 25.7 Å². The molecule has 0 aliphatic carbocycles. The summed E-state index contributed by atoms with van der Waals surface area (Å²) in [6.45, 7) is 7.48. The Labute approximate surface area is 206 Å². The minimum absolute atomic E-state index is 0.0364. The fourth-order valence-corrected chi connectivity index (χ4v) is 8.41. The summed E-state index contributed by atoms with van der Waals surface area (Å²) in [7, 11) is 0. The molecule has 7 nitrogen and oxygen atoms in total. The van der Waals surface area contributed by atoms with Crippen LogP contribution < -0.4 is 0 Å². The second kappa shape index (κ2) is 10.1. The molecule has 6 atom stereocenters. The highest BCUT2D eigenvalue weighted by Crippen LogP contribution is 2.65. The van der Waals surface area contributed by atoms with Crippen molar-refractivity contribution in [3.8, 4) is 0 Å². The highest BCUT2D eigenvalue weighted by atomic mass is 32.2. The number of carbonyl (C=O) groups is 3. The van der Waals surface area contributed by atoms with Gasteiger partial charge in [0.2, 0.25) is 11.8 Å². The number of allylic oxidation sites excluding steroid dienone is 1. The number of cyclic esters (lactones) is 1. The molecule has 34 heavy (non-hydrogen) atoms. The van der Waals surface area contributed by atoms with Gasteiger partial charge in [-0.1, -0.05) is 37.6 Å². The predicted molar refractivity (Wildman–Crippen MR) is 132 cm³/mol. The molecule has 4 heterocycles. The van der Waals surface area contributed by atoms with Crippen LogP contribution >= 0.6 is 11.8 Å². The lowest BCUT2D eigenvalue weighted by Crippen LogP contribution is -2.55. The maximum Gasteiger partial charge on any atom is 0.311 e. The number of unbranched alkanes of at least 4 members (excludes halogenated alkanes) is 1. The first kappa shape index (κ1) is 25.3. The van der Waals surface area contributed by atoms with Crippen LogP contribution in [0.15, 0.2) is 24.3 Å². The summed E-state index contributed by atoms with van der Waals surface area (Å²) >= 11 is 1.59. The number of esters is 1. The Bertz CT molecular complexity index is 875. The summed E-state index contributed by atoms with van der Waals surface area (Å²) in [6.07, 6.45) is 12.9. The standard InChI is InChI=1S/C26H38N2O5S/c1-4-11-18(2)27-15-10-13-26-19(22(30)28(14-7-8-16-29)21(26)23(27)31)20-24(32)33-17-9-5-6-12-25(20,3)34-26/h6,10,12-13,18-21,29H,4-5,7-9,11,14-17H2,1-3H3/b12-6-/t18?,19-,20+,21?,25-,26-/m0/s1. The Morgan fingerprint density at radius 1 is 1.18 bits per heavy atom. The van der Waals surface area contributed by atoms with Crippen LogP contribution in [0.4, 0.5) is 0 Å². The van der Waals surface area contributed by atoms with Crippen LogP contribution in [0.1, 0.15) is 59.3 Å². The molecule has 4 aliphatic heterocycles. The van der Waals surface area contributed by atoms with Gasteiger partial charge in [0.25, 0.3) is 0 Å². The van der Waals surface area contributed by atoms with Gasteiger partial charge in [-0.15, -0.1) is 11.8 Å². The third-order valence-corrected chi connectivity index (χ3v) is 9.62. The van der Waals surface area contributed by atoms with Crippen molar-refractivity contribution in [3.63, 3.8) is 0 Å². The van der Waals surface area contributed by atoms with Crippen LogP contribution in [0.5, 0.6) is 0 Å². The van der Waals surface area contributed by atoms with E-state index in [1.807, 2.05) is 17.9 Å². The average Bonchev–Trinajstić information content (AvgIpc) is 3.13. The van der Waals surface area contributed by atoms with E-state index in [1.165, 1.54) is 0 Å². The summed E-state index contributed by atoms with van der Waals surface area (Å²) < 4.78 is 4.19. The maximum absolute atomic E-state index is 14.1. The van der Waals surface area contributed by atoms with Crippen LogP contribution in [0.3, 0.4) is 0 Å². The second-order valence-electron chi connectivity index (χ2n) is 10.2. The molecule has 2 saturated heterocycles. The molecule has 0 aromatic carbocycles. The molecule has 2 unspecified atom stereocenters. The van der Waals surface area contributed by atoms with Crippen molar-refractivity contribution in [2.75, 3.05) is 26.3 Å². The molecule has 188 valence electrons. The minimum atomic E-state index is -0.823. The number of fused-ring (bicyclic) bond motifs is 2. The number of aliphatic hydroxyl groups is 1. The number of hydrogen-bond acceptors (Lipinski definition) is 6. The minimum Gasteiger partial charge on any atom is -0.465 e. The lowest BCUT2D eigenvalue weighted by molar-refractivity contribution is -0.154. The number of nitrogens with zero attached hydrogens (tertiary/aromatic N) is 2. The Kier molecular flexibility index (Phi) is 7.48. The first-order chi connectivity index (χ1) is 16.3. The molecule has 1 N–H and O–H groups in total. The SMILES string of the molecule is CCCC(C)N1CC=C[C@]23S[C@@]4(C)/C=C\CCCOC(=O)[C@H]4[C@H]2C(=O)N(CCCCO)C3C1=O. The van der Waals surface area contributed by atoms with E-state index in [9.17, 15) is 19.5 Å². The van der Waals surface area contributed by atoms with E-state index < -0.39 is 27.4 Å².